The highest BCUT2D eigenvalue weighted by Gasteiger charge is 2.22. The molecule has 5 nitrogen and oxygen atoms in total. The molecule has 114 valence electrons. The van der Waals surface area contributed by atoms with Crippen molar-refractivity contribution in [1.82, 2.24) is 0 Å². The molecule has 1 aromatic carbocycles. The maximum absolute atomic E-state index is 12.2. The fraction of sp³-hybridized carbons (Fsp3) is 0.571. The maximum atomic E-state index is 12.2. The molecule has 0 amide bonds. The Morgan fingerprint density at radius 3 is 2.40 bits per heavy atom. The van der Waals surface area contributed by atoms with Crippen LogP contribution in [0.5, 0.6) is 5.75 Å². The largest absolute Gasteiger partial charge is 0.493 e. The highest BCUT2D eigenvalue weighted by molar-refractivity contribution is 7.53. The van der Waals surface area contributed by atoms with Crippen molar-refractivity contribution in [1.29, 1.82) is 0 Å². The number of para-hydroxylation sites is 1. The van der Waals surface area contributed by atoms with Gasteiger partial charge in [0, 0.05) is 5.56 Å². The van der Waals surface area contributed by atoms with Crippen LogP contribution in [0.2, 0.25) is 0 Å². The molecule has 0 aliphatic carbocycles. The fourth-order valence-corrected chi connectivity index (χ4v) is 3.41. The van der Waals surface area contributed by atoms with E-state index in [2.05, 4.69) is 0 Å². The lowest BCUT2D eigenvalue weighted by Gasteiger charge is -2.17. The summed E-state index contributed by atoms with van der Waals surface area (Å²) in [6, 6.07) is 7.30. The van der Waals surface area contributed by atoms with Gasteiger partial charge in [-0.3, -0.25) is 4.57 Å². The molecule has 0 aliphatic rings. The average Bonchev–Trinajstić information content (AvgIpc) is 2.44. The van der Waals surface area contributed by atoms with Crippen molar-refractivity contribution in [2.45, 2.75) is 26.9 Å². The van der Waals surface area contributed by atoms with Crippen LogP contribution in [0.1, 0.15) is 25.8 Å². The van der Waals surface area contributed by atoms with Crippen molar-refractivity contribution in [3.05, 3.63) is 29.8 Å². The quantitative estimate of drug-likeness (QED) is 0.531. The number of ether oxygens (including phenoxy) is 1. The van der Waals surface area contributed by atoms with Gasteiger partial charge in [-0.05, 0) is 26.3 Å². The molecule has 6 heteroatoms. The number of hydrogen-bond donors (Lipinski definition) is 1. The second-order valence-electron chi connectivity index (χ2n) is 4.14. The van der Waals surface area contributed by atoms with Crippen molar-refractivity contribution in [2.24, 2.45) is 0 Å². The SMILES string of the molecule is CCOP(=O)(CCCOc1ccccc1CO)OCC. The Morgan fingerprint density at radius 1 is 1.15 bits per heavy atom. The van der Waals surface area contributed by atoms with E-state index in [9.17, 15) is 9.67 Å². The highest BCUT2D eigenvalue weighted by atomic mass is 31.2. The van der Waals surface area contributed by atoms with Gasteiger partial charge >= 0.3 is 7.60 Å². The monoisotopic (exact) mass is 302 g/mol. The molecular weight excluding hydrogens is 279 g/mol. The molecule has 0 spiro atoms. The summed E-state index contributed by atoms with van der Waals surface area (Å²) in [5.74, 6) is 0.651. The Labute approximate surface area is 120 Å². The molecule has 0 radical (unpaired) electrons. The number of hydrogen-bond acceptors (Lipinski definition) is 5. The molecule has 20 heavy (non-hydrogen) atoms. The van der Waals surface area contributed by atoms with Gasteiger partial charge in [-0.25, -0.2) is 0 Å². The second-order valence-corrected chi connectivity index (χ2v) is 6.32. The van der Waals surface area contributed by atoms with Gasteiger partial charge in [-0.1, -0.05) is 18.2 Å². The lowest BCUT2D eigenvalue weighted by Crippen LogP contribution is -2.06. The van der Waals surface area contributed by atoms with Gasteiger partial charge in [0.2, 0.25) is 0 Å². The summed E-state index contributed by atoms with van der Waals surface area (Å²) in [4.78, 5) is 0. The Bertz CT molecular complexity index is 425. The van der Waals surface area contributed by atoms with Crippen LogP contribution in [0.15, 0.2) is 24.3 Å². The third-order valence-electron chi connectivity index (χ3n) is 2.63. The van der Waals surface area contributed by atoms with Crippen molar-refractivity contribution >= 4 is 7.60 Å². The molecule has 0 aliphatic heterocycles. The first-order valence-electron chi connectivity index (χ1n) is 6.85. The van der Waals surface area contributed by atoms with Crippen LogP contribution in [0, 0.1) is 0 Å². The second kappa shape index (κ2) is 9.14. The van der Waals surface area contributed by atoms with E-state index in [0.717, 1.165) is 5.56 Å². The van der Waals surface area contributed by atoms with Crippen molar-refractivity contribution < 1.29 is 23.5 Å². The van der Waals surface area contributed by atoms with Crippen LogP contribution in [-0.4, -0.2) is 31.1 Å². The molecule has 0 saturated heterocycles. The van der Waals surface area contributed by atoms with E-state index < -0.39 is 7.60 Å². The smallest absolute Gasteiger partial charge is 0.330 e. The van der Waals surface area contributed by atoms with Gasteiger partial charge in [-0.2, -0.15) is 0 Å². The fourth-order valence-electron chi connectivity index (χ4n) is 1.78. The minimum absolute atomic E-state index is 0.0629. The lowest BCUT2D eigenvalue weighted by molar-refractivity contribution is 0.216. The first-order valence-corrected chi connectivity index (χ1v) is 8.57. The summed E-state index contributed by atoms with van der Waals surface area (Å²) in [6.45, 7) is 4.66. The predicted molar refractivity (Wildman–Crippen MR) is 78.2 cm³/mol. The van der Waals surface area contributed by atoms with Gasteiger partial charge in [0.05, 0.1) is 32.6 Å². The van der Waals surface area contributed by atoms with E-state index in [1.165, 1.54) is 0 Å². The summed E-state index contributed by atoms with van der Waals surface area (Å²) in [5, 5.41) is 9.18. The highest BCUT2D eigenvalue weighted by Crippen LogP contribution is 2.48. The van der Waals surface area contributed by atoms with E-state index in [4.69, 9.17) is 13.8 Å². The molecule has 0 atom stereocenters. The Balaban J connectivity index is 2.42. The van der Waals surface area contributed by atoms with Crippen molar-refractivity contribution in [3.63, 3.8) is 0 Å². The van der Waals surface area contributed by atoms with E-state index in [1.54, 1.807) is 26.0 Å². The van der Waals surface area contributed by atoms with Gasteiger partial charge in [-0.15, -0.1) is 0 Å². The molecule has 0 unspecified atom stereocenters. The summed E-state index contributed by atoms with van der Waals surface area (Å²) >= 11 is 0. The van der Waals surface area contributed by atoms with E-state index in [1.807, 2.05) is 12.1 Å². The zero-order valence-electron chi connectivity index (χ0n) is 12.1. The summed E-state index contributed by atoms with van der Waals surface area (Å²) in [5.41, 5.74) is 0.741. The van der Waals surface area contributed by atoms with Gasteiger partial charge in [0.15, 0.2) is 0 Å². The van der Waals surface area contributed by atoms with E-state index in [-0.39, 0.29) is 6.61 Å². The molecule has 0 saturated carbocycles. The van der Waals surface area contributed by atoms with Crippen LogP contribution in [0.4, 0.5) is 0 Å². The van der Waals surface area contributed by atoms with E-state index in [0.29, 0.717) is 38.2 Å². The van der Waals surface area contributed by atoms with Crippen LogP contribution in [-0.2, 0) is 20.2 Å². The topological polar surface area (TPSA) is 65.0 Å². The average molecular weight is 302 g/mol. The molecular formula is C14H23O5P. The van der Waals surface area contributed by atoms with Crippen LogP contribution < -0.4 is 4.74 Å². The van der Waals surface area contributed by atoms with Gasteiger partial charge in [0.1, 0.15) is 5.75 Å². The zero-order valence-corrected chi connectivity index (χ0v) is 13.0. The predicted octanol–water partition coefficient (Wildman–Crippen LogP) is 3.21. The summed E-state index contributed by atoms with van der Waals surface area (Å²) in [7, 11) is -2.99. The number of benzene rings is 1. The summed E-state index contributed by atoms with van der Waals surface area (Å²) < 4.78 is 28.2. The minimum atomic E-state index is -2.99. The van der Waals surface area contributed by atoms with Crippen molar-refractivity contribution in [3.8, 4) is 5.75 Å². The molecule has 0 bridgehead atoms. The Morgan fingerprint density at radius 2 is 1.80 bits per heavy atom. The van der Waals surface area contributed by atoms with E-state index >= 15 is 0 Å². The normalized spacial score (nSPS) is 11.6. The molecule has 1 N–H and O–H groups in total. The molecule has 1 aromatic rings. The molecule has 0 fully saturated rings. The lowest BCUT2D eigenvalue weighted by atomic mass is 10.2. The third kappa shape index (κ3) is 5.63. The van der Waals surface area contributed by atoms with Crippen LogP contribution >= 0.6 is 7.60 Å². The third-order valence-corrected chi connectivity index (χ3v) is 4.80. The first-order chi connectivity index (χ1) is 9.65. The molecule has 0 heterocycles. The van der Waals surface area contributed by atoms with Crippen LogP contribution in [0.3, 0.4) is 0 Å². The van der Waals surface area contributed by atoms with Crippen molar-refractivity contribution in [2.75, 3.05) is 26.0 Å². The molecule has 1 rings (SSSR count). The van der Waals surface area contributed by atoms with Gasteiger partial charge in [0.25, 0.3) is 0 Å². The number of aliphatic hydroxyl groups excluding tert-OH is 1. The first kappa shape index (κ1) is 17.2. The summed E-state index contributed by atoms with van der Waals surface area (Å²) in [6.07, 6.45) is 0.896. The maximum Gasteiger partial charge on any atom is 0.330 e. The number of aliphatic hydroxyl groups is 1. The van der Waals surface area contributed by atoms with Gasteiger partial charge < -0.3 is 18.9 Å². The Hall–Kier alpha value is -0.870. The zero-order chi connectivity index (χ0) is 14.8. The number of rotatable bonds is 10. The molecule has 0 aromatic heterocycles. The van der Waals surface area contributed by atoms with Crippen LogP contribution in [0.25, 0.3) is 0 Å². The Kier molecular flexibility index (Phi) is 7.85. The standard InChI is InChI=1S/C14H23O5P/c1-3-18-20(16,19-4-2)11-7-10-17-14-9-6-5-8-13(14)12-15/h5-6,8-9,15H,3-4,7,10-12H2,1-2H3. The minimum Gasteiger partial charge on any atom is -0.493 e.